The second-order valence-corrected chi connectivity index (χ2v) is 7.54. The van der Waals surface area contributed by atoms with Gasteiger partial charge in [-0.3, -0.25) is 4.79 Å². The Labute approximate surface area is 160 Å². The van der Waals surface area contributed by atoms with Gasteiger partial charge in [0.1, 0.15) is 17.6 Å². The highest BCUT2D eigenvalue weighted by atomic mass is 16.5. The molecule has 1 N–H and O–H groups in total. The van der Waals surface area contributed by atoms with Crippen molar-refractivity contribution >= 4 is 5.91 Å². The minimum atomic E-state index is 0.0326. The zero-order chi connectivity index (χ0) is 18.8. The summed E-state index contributed by atoms with van der Waals surface area (Å²) < 4.78 is 11.6. The summed E-state index contributed by atoms with van der Waals surface area (Å²) in [6.07, 6.45) is 5.04. The van der Waals surface area contributed by atoms with Crippen LogP contribution < -0.4 is 14.8 Å². The summed E-state index contributed by atoms with van der Waals surface area (Å²) in [5.74, 6) is 1.78. The van der Waals surface area contributed by atoms with Crippen LogP contribution in [0.2, 0.25) is 0 Å². The highest BCUT2D eigenvalue weighted by Gasteiger charge is 2.22. The minimum absolute atomic E-state index is 0.0326. The smallest absolute Gasteiger partial charge is 0.224 e. The Morgan fingerprint density at radius 2 is 2.04 bits per heavy atom. The van der Waals surface area contributed by atoms with Crippen molar-refractivity contribution in [2.75, 3.05) is 6.61 Å². The number of rotatable bonds is 6. The molecule has 1 atom stereocenters. The molecule has 2 aromatic rings. The third-order valence-corrected chi connectivity index (χ3v) is 5.38. The number of benzene rings is 2. The largest absolute Gasteiger partial charge is 0.494 e. The van der Waals surface area contributed by atoms with Crippen LogP contribution in [0.1, 0.15) is 48.1 Å². The van der Waals surface area contributed by atoms with E-state index in [0.717, 1.165) is 35.5 Å². The number of aryl methyl sites for hydroxylation is 2. The van der Waals surface area contributed by atoms with Crippen molar-refractivity contribution in [3.8, 4) is 11.5 Å². The third kappa shape index (κ3) is 3.95. The molecular formula is C23H27NO3. The first-order chi connectivity index (χ1) is 13.1. The third-order valence-electron chi connectivity index (χ3n) is 5.38. The number of carbonyl (C=O) groups excluding carboxylic acids is 1. The monoisotopic (exact) mass is 365 g/mol. The van der Waals surface area contributed by atoms with Gasteiger partial charge in [0.2, 0.25) is 5.91 Å². The molecule has 0 bridgehead atoms. The highest BCUT2D eigenvalue weighted by molar-refractivity contribution is 5.78. The van der Waals surface area contributed by atoms with Gasteiger partial charge in [-0.1, -0.05) is 18.2 Å². The van der Waals surface area contributed by atoms with Gasteiger partial charge in [-0.05, 0) is 61.9 Å². The lowest BCUT2D eigenvalue weighted by molar-refractivity contribution is -0.120. The summed E-state index contributed by atoms with van der Waals surface area (Å²) in [5, 5.41) is 3.04. The zero-order valence-electron chi connectivity index (χ0n) is 16.1. The summed E-state index contributed by atoms with van der Waals surface area (Å²) in [6.45, 7) is 5.09. The van der Waals surface area contributed by atoms with Crippen LogP contribution in [-0.2, 0) is 37.0 Å². The van der Waals surface area contributed by atoms with Gasteiger partial charge in [0.15, 0.2) is 0 Å². The fourth-order valence-corrected chi connectivity index (χ4v) is 4.09. The van der Waals surface area contributed by atoms with Crippen molar-refractivity contribution in [3.63, 3.8) is 0 Å². The summed E-state index contributed by atoms with van der Waals surface area (Å²) in [7, 11) is 0. The Kier molecular flexibility index (Phi) is 5.06. The van der Waals surface area contributed by atoms with Crippen molar-refractivity contribution in [2.24, 2.45) is 0 Å². The van der Waals surface area contributed by atoms with E-state index in [0.29, 0.717) is 19.6 Å². The van der Waals surface area contributed by atoms with E-state index in [4.69, 9.17) is 9.47 Å². The van der Waals surface area contributed by atoms with Crippen molar-refractivity contribution < 1.29 is 14.3 Å². The standard InChI is InChI=1S/C23H27NO3/c1-3-26-21-12-19-9-15(2)27-22(19)13-20(21)14-24-23(25)11-16-7-8-17-5-4-6-18(17)10-16/h7-8,10,12-13,15H,3-6,9,11,14H2,1-2H3,(H,24,25)/t15-/m0/s1. The molecule has 2 aliphatic rings. The predicted molar refractivity (Wildman–Crippen MR) is 105 cm³/mol. The molecule has 4 rings (SSSR count). The van der Waals surface area contributed by atoms with Gasteiger partial charge in [0, 0.05) is 24.1 Å². The maximum absolute atomic E-state index is 12.5. The number of nitrogens with one attached hydrogen (secondary N) is 1. The summed E-state index contributed by atoms with van der Waals surface area (Å²) in [4.78, 5) is 12.5. The molecule has 0 radical (unpaired) electrons. The lowest BCUT2D eigenvalue weighted by Gasteiger charge is -2.13. The number of hydrogen-bond acceptors (Lipinski definition) is 3. The van der Waals surface area contributed by atoms with Crippen LogP contribution in [0.15, 0.2) is 30.3 Å². The fourth-order valence-electron chi connectivity index (χ4n) is 4.09. The second-order valence-electron chi connectivity index (χ2n) is 7.54. The summed E-state index contributed by atoms with van der Waals surface area (Å²) in [5.41, 5.74) is 6.08. The Morgan fingerprint density at radius 1 is 1.19 bits per heavy atom. The number of amides is 1. The molecule has 27 heavy (non-hydrogen) atoms. The number of carbonyl (C=O) groups is 1. The zero-order valence-corrected chi connectivity index (χ0v) is 16.1. The average molecular weight is 365 g/mol. The van der Waals surface area contributed by atoms with E-state index in [-0.39, 0.29) is 12.0 Å². The van der Waals surface area contributed by atoms with Crippen LogP contribution in [-0.4, -0.2) is 18.6 Å². The van der Waals surface area contributed by atoms with Gasteiger partial charge in [0.05, 0.1) is 13.0 Å². The average Bonchev–Trinajstić information content (AvgIpc) is 3.24. The van der Waals surface area contributed by atoms with Crippen LogP contribution in [0.4, 0.5) is 0 Å². The van der Waals surface area contributed by atoms with Gasteiger partial charge in [-0.2, -0.15) is 0 Å². The predicted octanol–water partition coefficient (Wildman–Crippen LogP) is 3.76. The van der Waals surface area contributed by atoms with Crippen LogP contribution in [0.3, 0.4) is 0 Å². The topological polar surface area (TPSA) is 47.6 Å². The van der Waals surface area contributed by atoms with E-state index >= 15 is 0 Å². The SMILES string of the molecule is CCOc1cc2c(cc1CNC(=O)Cc1ccc3c(c1)CCC3)O[C@@H](C)C2. The van der Waals surface area contributed by atoms with Crippen LogP contribution in [0, 0.1) is 0 Å². The first-order valence-corrected chi connectivity index (χ1v) is 9.95. The van der Waals surface area contributed by atoms with Crippen molar-refractivity contribution in [1.82, 2.24) is 5.32 Å². The van der Waals surface area contributed by atoms with Crippen molar-refractivity contribution in [2.45, 2.75) is 58.6 Å². The van der Waals surface area contributed by atoms with Crippen molar-refractivity contribution in [3.05, 3.63) is 58.1 Å². The summed E-state index contributed by atoms with van der Waals surface area (Å²) >= 11 is 0. The maximum atomic E-state index is 12.5. The van der Waals surface area contributed by atoms with E-state index in [2.05, 4.69) is 36.5 Å². The molecule has 1 amide bonds. The van der Waals surface area contributed by atoms with Crippen molar-refractivity contribution in [1.29, 1.82) is 0 Å². The molecule has 0 spiro atoms. The molecule has 4 heteroatoms. The van der Waals surface area contributed by atoms with Gasteiger partial charge in [-0.15, -0.1) is 0 Å². The molecule has 4 nitrogen and oxygen atoms in total. The molecule has 0 fully saturated rings. The lowest BCUT2D eigenvalue weighted by Crippen LogP contribution is -2.25. The molecule has 0 saturated carbocycles. The molecule has 1 heterocycles. The van der Waals surface area contributed by atoms with E-state index < -0.39 is 0 Å². The van der Waals surface area contributed by atoms with Gasteiger partial charge < -0.3 is 14.8 Å². The quantitative estimate of drug-likeness (QED) is 0.848. The normalized spacial score (nSPS) is 17.2. The summed E-state index contributed by atoms with van der Waals surface area (Å²) in [6, 6.07) is 10.5. The number of hydrogen-bond donors (Lipinski definition) is 1. The highest BCUT2D eigenvalue weighted by Crippen LogP contribution is 2.35. The van der Waals surface area contributed by atoms with E-state index in [1.54, 1.807) is 0 Å². The van der Waals surface area contributed by atoms with Gasteiger partial charge >= 0.3 is 0 Å². The molecule has 0 saturated heterocycles. The molecule has 1 aliphatic carbocycles. The first-order valence-electron chi connectivity index (χ1n) is 9.95. The van der Waals surface area contributed by atoms with Gasteiger partial charge in [0.25, 0.3) is 0 Å². The lowest BCUT2D eigenvalue weighted by atomic mass is 10.0. The fraction of sp³-hybridized carbons (Fsp3) is 0.435. The van der Waals surface area contributed by atoms with Crippen LogP contribution >= 0.6 is 0 Å². The molecular weight excluding hydrogens is 338 g/mol. The first kappa shape index (κ1) is 17.9. The molecule has 0 aromatic heterocycles. The molecule has 2 aromatic carbocycles. The van der Waals surface area contributed by atoms with Gasteiger partial charge in [-0.25, -0.2) is 0 Å². The van der Waals surface area contributed by atoms with E-state index in [9.17, 15) is 4.79 Å². The number of fused-ring (bicyclic) bond motifs is 2. The maximum Gasteiger partial charge on any atom is 0.224 e. The minimum Gasteiger partial charge on any atom is -0.494 e. The van der Waals surface area contributed by atoms with E-state index in [1.807, 2.05) is 13.0 Å². The second kappa shape index (κ2) is 7.63. The Morgan fingerprint density at radius 3 is 2.89 bits per heavy atom. The molecule has 1 aliphatic heterocycles. The molecule has 0 unspecified atom stereocenters. The molecule has 142 valence electrons. The number of ether oxygens (including phenoxy) is 2. The Hall–Kier alpha value is -2.49. The Bertz CT molecular complexity index is 859. The Balaban J connectivity index is 1.42. The van der Waals surface area contributed by atoms with Crippen LogP contribution in [0.5, 0.6) is 11.5 Å². The van der Waals surface area contributed by atoms with E-state index in [1.165, 1.54) is 29.5 Å². The van der Waals surface area contributed by atoms with Crippen LogP contribution in [0.25, 0.3) is 0 Å².